The van der Waals surface area contributed by atoms with Crippen molar-refractivity contribution in [2.75, 3.05) is 11.1 Å². The normalized spacial score (nSPS) is 10.4. The number of hydrogen-bond acceptors (Lipinski definition) is 3. The Kier molecular flexibility index (Phi) is 3.25. The number of benzene rings is 1. The van der Waals surface area contributed by atoms with Crippen LogP contribution in [0.1, 0.15) is 15.9 Å². The van der Waals surface area contributed by atoms with Crippen molar-refractivity contribution in [3.8, 4) is 0 Å². The van der Waals surface area contributed by atoms with Crippen molar-refractivity contribution in [2.45, 2.75) is 6.92 Å². The van der Waals surface area contributed by atoms with Crippen LogP contribution in [0.15, 0.2) is 24.4 Å². The fraction of sp³-hybridized carbons (Fsp3) is 0.167. The molecule has 0 fully saturated rings. The van der Waals surface area contributed by atoms with E-state index in [1.165, 1.54) is 10.9 Å². The Morgan fingerprint density at radius 2 is 2.22 bits per heavy atom. The van der Waals surface area contributed by atoms with E-state index < -0.39 is 0 Å². The number of hydrogen-bond donors (Lipinski definition) is 2. The van der Waals surface area contributed by atoms with Crippen LogP contribution in [0.3, 0.4) is 0 Å². The summed E-state index contributed by atoms with van der Waals surface area (Å²) in [5.74, 6) is -0.0120. The topological polar surface area (TPSA) is 72.9 Å². The van der Waals surface area contributed by atoms with Gasteiger partial charge in [-0.3, -0.25) is 9.48 Å². The zero-order valence-corrected chi connectivity index (χ0v) is 10.8. The molecule has 5 nitrogen and oxygen atoms in total. The van der Waals surface area contributed by atoms with E-state index in [1.807, 2.05) is 13.0 Å². The van der Waals surface area contributed by atoms with Gasteiger partial charge < -0.3 is 11.1 Å². The highest BCUT2D eigenvalue weighted by atomic mass is 35.5. The lowest BCUT2D eigenvalue weighted by Crippen LogP contribution is -2.14. The first kappa shape index (κ1) is 12.4. The van der Waals surface area contributed by atoms with Gasteiger partial charge in [0.2, 0.25) is 0 Å². The second kappa shape index (κ2) is 4.70. The van der Waals surface area contributed by atoms with Gasteiger partial charge in [-0.1, -0.05) is 17.7 Å². The zero-order valence-electron chi connectivity index (χ0n) is 10.1. The monoisotopic (exact) mass is 264 g/mol. The van der Waals surface area contributed by atoms with Crippen LogP contribution in [0.5, 0.6) is 0 Å². The maximum Gasteiger partial charge on any atom is 0.261 e. The summed E-state index contributed by atoms with van der Waals surface area (Å²) in [6.45, 7) is 1.93. The summed E-state index contributed by atoms with van der Waals surface area (Å²) in [7, 11) is 1.67. The van der Waals surface area contributed by atoms with Gasteiger partial charge in [0.15, 0.2) is 0 Å². The highest BCUT2D eigenvalue weighted by molar-refractivity contribution is 6.34. The Morgan fingerprint density at radius 3 is 2.78 bits per heavy atom. The predicted molar refractivity (Wildman–Crippen MR) is 71.8 cm³/mol. The number of nitrogen functional groups attached to an aromatic ring is 1. The van der Waals surface area contributed by atoms with Crippen molar-refractivity contribution < 1.29 is 4.79 Å². The molecule has 2 rings (SSSR count). The number of aryl methyl sites for hydroxylation is 2. The molecule has 0 spiro atoms. The van der Waals surface area contributed by atoms with Gasteiger partial charge in [0.05, 0.1) is 16.9 Å². The first-order valence-corrected chi connectivity index (χ1v) is 5.72. The molecule has 94 valence electrons. The fourth-order valence-electron chi connectivity index (χ4n) is 1.53. The van der Waals surface area contributed by atoms with Crippen molar-refractivity contribution in [1.29, 1.82) is 0 Å². The summed E-state index contributed by atoms with van der Waals surface area (Å²) < 4.78 is 1.44. The predicted octanol–water partition coefficient (Wildman–Crippen LogP) is 2.22. The third-order valence-corrected chi connectivity index (χ3v) is 2.91. The van der Waals surface area contributed by atoms with Gasteiger partial charge in [0.25, 0.3) is 5.91 Å². The van der Waals surface area contributed by atoms with Gasteiger partial charge >= 0.3 is 0 Å². The number of anilines is 2. The Bertz CT molecular complexity index is 606. The van der Waals surface area contributed by atoms with Crippen molar-refractivity contribution in [3.05, 3.63) is 40.5 Å². The first-order valence-electron chi connectivity index (χ1n) is 5.34. The molecule has 2 aromatic rings. The first-order chi connectivity index (χ1) is 8.49. The van der Waals surface area contributed by atoms with Crippen LogP contribution in [-0.2, 0) is 7.05 Å². The molecule has 0 radical (unpaired) electrons. The molecule has 6 heteroatoms. The van der Waals surface area contributed by atoms with Crippen molar-refractivity contribution in [3.63, 3.8) is 0 Å². The van der Waals surface area contributed by atoms with E-state index in [0.29, 0.717) is 22.1 Å². The van der Waals surface area contributed by atoms with Gasteiger partial charge in [0.1, 0.15) is 11.4 Å². The second-order valence-electron chi connectivity index (χ2n) is 4.00. The van der Waals surface area contributed by atoms with Crippen LogP contribution in [-0.4, -0.2) is 15.7 Å². The number of nitrogens with two attached hydrogens (primary N) is 1. The molecule has 0 aliphatic carbocycles. The quantitative estimate of drug-likeness (QED) is 0.873. The summed E-state index contributed by atoms with van der Waals surface area (Å²) >= 11 is 6.04. The fourth-order valence-corrected chi connectivity index (χ4v) is 1.82. The molecule has 1 aromatic carbocycles. The van der Waals surface area contributed by atoms with E-state index in [0.717, 1.165) is 5.56 Å². The number of carbonyl (C=O) groups excluding carboxylic acids is 1. The molecule has 3 N–H and O–H groups in total. The van der Waals surface area contributed by atoms with Gasteiger partial charge in [-0.15, -0.1) is 0 Å². The number of halogens is 1. The van der Waals surface area contributed by atoms with Crippen molar-refractivity contribution >= 4 is 29.0 Å². The highest BCUT2D eigenvalue weighted by Gasteiger charge is 2.14. The van der Waals surface area contributed by atoms with Crippen molar-refractivity contribution in [2.24, 2.45) is 7.05 Å². The Labute approximate surface area is 110 Å². The van der Waals surface area contributed by atoms with Crippen LogP contribution >= 0.6 is 11.6 Å². The number of aromatic nitrogens is 2. The van der Waals surface area contributed by atoms with Gasteiger partial charge in [-0.2, -0.15) is 5.10 Å². The second-order valence-corrected chi connectivity index (χ2v) is 4.41. The molecule has 0 aliphatic rings. The Balaban J connectivity index is 2.24. The molecule has 1 heterocycles. The number of rotatable bonds is 2. The maximum atomic E-state index is 12.0. The molecule has 0 unspecified atom stereocenters. The summed E-state index contributed by atoms with van der Waals surface area (Å²) in [5.41, 5.74) is 7.63. The minimum absolute atomic E-state index is 0.315. The molecule has 18 heavy (non-hydrogen) atoms. The molecule has 0 atom stereocenters. The van der Waals surface area contributed by atoms with Crippen molar-refractivity contribution in [1.82, 2.24) is 9.78 Å². The molecule has 0 aliphatic heterocycles. The van der Waals surface area contributed by atoms with E-state index in [1.54, 1.807) is 19.2 Å². The molecule has 0 saturated heterocycles. The lowest BCUT2D eigenvalue weighted by atomic mass is 10.2. The number of nitrogens with zero attached hydrogens (tertiary/aromatic N) is 2. The van der Waals surface area contributed by atoms with Crippen LogP contribution in [0.25, 0.3) is 0 Å². The number of carbonyl (C=O) groups is 1. The van der Waals surface area contributed by atoms with Gasteiger partial charge in [-0.25, -0.2) is 0 Å². The molecule has 0 bridgehead atoms. The summed E-state index contributed by atoms with van der Waals surface area (Å²) in [5, 5.41) is 7.11. The van der Waals surface area contributed by atoms with Crippen LogP contribution in [0.2, 0.25) is 5.02 Å². The maximum absolute atomic E-state index is 12.0. The smallest absolute Gasteiger partial charge is 0.261 e. The summed E-state index contributed by atoms with van der Waals surface area (Å²) in [6, 6.07) is 5.40. The molecular weight excluding hydrogens is 252 g/mol. The van der Waals surface area contributed by atoms with Crippen LogP contribution in [0, 0.1) is 6.92 Å². The minimum atomic E-state index is -0.327. The third kappa shape index (κ3) is 2.31. The average Bonchev–Trinajstić information content (AvgIpc) is 2.64. The standard InChI is InChI=1S/C12H13ClN4O/c1-7-3-4-10(9(13)5-7)16-12(18)8-6-15-17(2)11(8)14/h3-6H,14H2,1-2H3,(H,16,18). The van der Waals surface area contributed by atoms with Crippen LogP contribution in [0.4, 0.5) is 11.5 Å². The average molecular weight is 265 g/mol. The number of nitrogens with one attached hydrogen (secondary N) is 1. The summed E-state index contributed by atoms with van der Waals surface area (Å²) in [4.78, 5) is 12.0. The lowest BCUT2D eigenvalue weighted by molar-refractivity contribution is 0.102. The Hall–Kier alpha value is -2.01. The SMILES string of the molecule is Cc1ccc(NC(=O)c2cnn(C)c2N)c(Cl)c1. The number of amides is 1. The molecular formula is C12H13ClN4O. The van der Waals surface area contributed by atoms with E-state index >= 15 is 0 Å². The highest BCUT2D eigenvalue weighted by Crippen LogP contribution is 2.23. The van der Waals surface area contributed by atoms with E-state index in [9.17, 15) is 4.79 Å². The zero-order chi connectivity index (χ0) is 13.3. The molecule has 1 aromatic heterocycles. The van der Waals surface area contributed by atoms with Crippen LogP contribution < -0.4 is 11.1 Å². The van der Waals surface area contributed by atoms with E-state index in [2.05, 4.69) is 10.4 Å². The third-order valence-electron chi connectivity index (χ3n) is 2.60. The minimum Gasteiger partial charge on any atom is -0.383 e. The lowest BCUT2D eigenvalue weighted by Gasteiger charge is -2.07. The molecule has 1 amide bonds. The van der Waals surface area contributed by atoms with E-state index in [4.69, 9.17) is 17.3 Å². The van der Waals surface area contributed by atoms with E-state index in [-0.39, 0.29) is 5.91 Å². The molecule has 0 saturated carbocycles. The van der Waals surface area contributed by atoms with Gasteiger partial charge in [-0.05, 0) is 24.6 Å². The van der Waals surface area contributed by atoms with Gasteiger partial charge in [0, 0.05) is 7.05 Å². The Morgan fingerprint density at radius 1 is 1.50 bits per heavy atom. The largest absolute Gasteiger partial charge is 0.383 e. The summed E-state index contributed by atoms with van der Waals surface area (Å²) in [6.07, 6.45) is 1.42.